The van der Waals surface area contributed by atoms with E-state index >= 15 is 0 Å². The van der Waals surface area contributed by atoms with Crippen LogP contribution in [0.3, 0.4) is 0 Å². The summed E-state index contributed by atoms with van der Waals surface area (Å²) in [6.45, 7) is 3.84. The van der Waals surface area contributed by atoms with E-state index in [0.29, 0.717) is 22.3 Å². The fourth-order valence-corrected chi connectivity index (χ4v) is 3.95. The Kier molecular flexibility index (Phi) is 5.41. The van der Waals surface area contributed by atoms with Crippen LogP contribution < -0.4 is 19.7 Å². The number of hydrogen-bond donors (Lipinski definition) is 1. The summed E-state index contributed by atoms with van der Waals surface area (Å²) in [6.07, 6.45) is 0. The number of aromatic nitrogens is 1. The number of rotatable bonds is 5. The van der Waals surface area contributed by atoms with Crippen molar-refractivity contribution in [2.45, 2.75) is 13.8 Å². The molecule has 0 atom stereocenters. The molecule has 30 heavy (non-hydrogen) atoms. The Balaban J connectivity index is 1.43. The Bertz CT molecular complexity index is 1110. The highest BCUT2D eigenvalue weighted by atomic mass is 32.1. The molecule has 4 rings (SSSR count). The van der Waals surface area contributed by atoms with Crippen LogP contribution in [-0.4, -0.2) is 37.1 Å². The Morgan fingerprint density at radius 3 is 2.80 bits per heavy atom. The van der Waals surface area contributed by atoms with Crippen LogP contribution >= 0.6 is 11.3 Å². The molecule has 0 bridgehead atoms. The van der Waals surface area contributed by atoms with E-state index in [4.69, 9.17) is 9.47 Å². The van der Waals surface area contributed by atoms with Gasteiger partial charge in [-0.2, -0.15) is 0 Å². The molecule has 1 aromatic heterocycles. The Labute approximate surface area is 178 Å². The second kappa shape index (κ2) is 8.16. The van der Waals surface area contributed by atoms with Crippen molar-refractivity contribution in [2.75, 3.05) is 30.5 Å². The van der Waals surface area contributed by atoms with Crippen LogP contribution in [-0.2, 0) is 9.59 Å². The van der Waals surface area contributed by atoms with E-state index in [9.17, 15) is 9.59 Å². The lowest BCUT2D eigenvalue weighted by atomic mass is 10.1. The lowest BCUT2D eigenvalue weighted by Crippen LogP contribution is -2.35. The highest BCUT2D eigenvalue weighted by molar-refractivity contribution is 7.14. The quantitative estimate of drug-likeness (QED) is 0.675. The van der Waals surface area contributed by atoms with Crippen molar-refractivity contribution in [3.63, 3.8) is 0 Å². The predicted octanol–water partition coefficient (Wildman–Crippen LogP) is 3.80. The van der Waals surface area contributed by atoms with E-state index in [-0.39, 0.29) is 25.0 Å². The molecule has 154 valence electrons. The number of amides is 2. The van der Waals surface area contributed by atoms with Crippen molar-refractivity contribution in [2.24, 2.45) is 0 Å². The van der Waals surface area contributed by atoms with Gasteiger partial charge in [0.1, 0.15) is 11.5 Å². The summed E-state index contributed by atoms with van der Waals surface area (Å²) in [5.74, 6) is 1.01. The Morgan fingerprint density at radius 1 is 1.27 bits per heavy atom. The minimum atomic E-state index is -0.275. The van der Waals surface area contributed by atoms with Gasteiger partial charge in [0.05, 0.1) is 11.4 Å². The summed E-state index contributed by atoms with van der Waals surface area (Å²) < 4.78 is 11.1. The molecule has 8 heteroatoms. The van der Waals surface area contributed by atoms with E-state index in [1.54, 1.807) is 11.9 Å². The molecule has 2 aromatic carbocycles. The highest BCUT2D eigenvalue weighted by Gasteiger charge is 2.23. The minimum absolute atomic E-state index is 0.0415. The van der Waals surface area contributed by atoms with Crippen LogP contribution in [0.25, 0.3) is 11.3 Å². The maximum Gasteiger partial charge on any atom is 0.264 e. The molecule has 1 aliphatic rings. The van der Waals surface area contributed by atoms with Gasteiger partial charge in [0.25, 0.3) is 11.8 Å². The fraction of sp³-hybridized carbons (Fsp3) is 0.227. The van der Waals surface area contributed by atoms with Crippen molar-refractivity contribution in [1.82, 2.24) is 4.98 Å². The maximum atomic E-state index is 12.3. The van der Waals surface area contributed by atoms with E-state index in [2.05, 4.69) is 10.3 Å². The number of para-hydroxylation sites is 1. The Hall–Kier alpha value is -3.39. The molecule has 2 amide bonds. The third-order valence-corrected chi connectivity index (χ3v) is 5.61. The van der Waals surface area contributed by atoms with Gasteiger partial charge in [0, 0.05) is 18.0 Å². The van der Waals surface area contributed by atoms with Crippen molar-refractivity contribution >= 4 is 34.0 Å². The number of ether oxygens (including phenoxy) is 2. The van der Waals surface area contributed by atoms with Gasteiger partial charge in [0.2, 0.25) is 0 Å². The maximum absolute atomic E-state index is 12.3. The van der Waals surface area contributed by atoms with Gasteiger partial charge < -0.3 is 14.4 Å². The number of hydrogen-bond acceptors (Lipinski definition) is 6. The van der Waals surface area contributed by atoms with Crippen LogP contribution in [0.5, 0.6) is 11.5 Å². The van der Waals surface area contributed by atoms with Crippen molar-refractivity contribution < 1.29 is 19.1 Å². The summed E-state index contributed by atoms with van der Waals surface area (Å²) in [7, 11) is 1.72. The second-order valence-corrected chi connectivity index (χ2v) is 7.88. The number of nitrogens with zero attached hydrogens (tertiary/aromatic N) is 2. The first-order chi connectivity index (χ1) is 14.4. The zero-order valence-corrected chi connectivity index (χ0v) is 17.7. The summed E-state index contributed by atoms with van der Waals surface area (Å²) in [4.78, 5) is 30.2. The standard InChI is InChI=1S/C22H21N3O4S/c1-13-5-4-6-14(2)21(13)29-10-19(26)24-22-23-16(12-30-22)15-7-8-18-17(9-15)25(3)20(27)11-28-18/h4-9,12H,10-11H2,1-3H3,(H,23,24,26). The van der Waals surface area contributed by atoms with E-state index in [1.807, 2.05) is 55.6 Å². The minimum Gasteiger partial charge on any atom is -0.483 e. The predicted molar refractivity (Wildman–Crippen MR) is 116 cm³/mol. The summed E-state index contributed by atoms with van der Waals surface area (Å²) in [5, 5.41) is 5.11. The SMILES string of the molecule is Cc1cccc(C)c1OCC(=O)Nc1nc(-c2ccc3c(c2)N(C)C(=O)CO3)cs1. The molecule has 0 aliphatic carbocycles. The third kappa shape index (κ3) is 3.99. The average Bonchev–Trinajstić information content (AvgIpc) is 3.18. The number of fused-ring (bicyclic) bond motifs is 1. The molecule has 0 radical (unpaired) electrons. The number of aryl methyl sites for hydroxylation is 2. The van der Waals surface area contributed by atoms with Gasteiger partial charge in [-0.3, -0.25) is 14.9 Å². The molecule has 1 aliphatic heterocycles. The molecule has 3 aromatic rings. The first kappa shape index (κ1) is 19.9. The van der Waals surface area contributed by atoms with Crippen molar-refractivity contribution in [3.05, 3.63) is 52.9 Å². The summed E-state index contributed by atoms with van der Waals surface area (Å²) in [5.41, 5.74) is 4.21. The number of thiazole rings is 1. The number of nitrogens with one attached hydrogen (secondary N) is 1. The van der Waals surface area contributed by atoms with Crippen LogP contribution in [0.2, 0.25) is 0 Å². The third-order valence-electron chi connectivity index (χ3n) is 4.85. The van der Waals surface area contributed by atoms with Gasteiger partial charge in [-0.1, -0.05) is 18.2 Å². The zero-order valence-electron chi connectivity index (χ0n) is 16.9. The molecule has 0 spiro atoms. The van der Waals surface area contributed by atoms with E-state index in [0.717, 1.165) is 22.4 Å². The number of carbonyl (C=O) groups excluding carboxylic acids is 2. The summed E-state index contributed by atoms with van der Waals surface area (Å²) >= 11 is 1.33. The monoisotopic (exact) mass is 423 g/mol. The van der Waals surface area contributed by atoms with Gasteiger partial charge in [-0.15, -0.1) is 11.3 Å². The van der Waals surface area contributed by atoms with Gasteiger partial charge in [-0.05, 0) is 43.2 Å². The molecule has 0 saturated carbocycles. The van der Waals surface area contributed by atoms with E-state index < -0.39 is 0 Å². The zero-order chi connectivity index (χ0) is 21.3. The number of anilines is 2. The van der Waals surface area contributed by atoms with Gasteiger partial charge >= 0.3 is 0 Å². The summed E-state index contributed by atoms with van der Waals surface area (Å²) in [6, 6.07) is 11.4. The number of carbonyl (C=O) groups is 2. The molecule has 2 heterocycles. The average molecular weight is 423 g/mol. The van der Waals surface area contributed by atoms with Gasteiger partial charge in [0.15, 0.2) is 18.3 Å². The first-order valence-corrected chi connectivity index (χ1v) is 10.3. The molecule has 0 saturated heterocycles. The number of likely N-dealkylation sites (N-methyl/N-ethyl adjacent to an activating group) is 1. The van der Waals surface area contributed by atoms with Crippen LogP contribution in [0.15, 0.2) is 41.8 Å². The van der Waals surface area contributed by atoms with Crippen LogP contribution in [0.1, 0.15) is 11.1 Å². The molecular formula is C22H21N3O4S. The molecule has 7 nitrogen and oxygen atoms in total. The largest absolute Gasteiger partial charge is 0.483 e. The second-order valence-electron chi connectivity index (χ2n) is 7.02. The smallest absolute Gasteiger partial charge is 0.264 e. The van der Waals surface area contributed by atoms with Gasteiger partial charge in [-0.25, -0.2) is 4.98 Å². The normalized spacial score (nSPS) is 12.9. The lowest BCUT2D eigenvalue weighted by Gasteiger charge is -2.26. The Morgan fingerprint density at radius 2 is 2.03 bits per heavy atom. The molecule has 0 fully saturated rings. The molecule has 1 N–H and O–H groups in total. The topological polar surface area (TPSA) is 80.8 Å². The lowest BCUT2D eigenvalue weighted by molar-refractivity contribution is -0.121. The first-order valence-electron chi connectivity index (χ1n) is 9.40. The number of benzene rings is 2. The highest BCUT2D eigenvalue weighted by Crippen LogP contribution is 2.36. The van der Waals surface area contributed by atoms with Crippen LogP contribution in [0.4, 0.5) is 10.8 Å². The van der Waals surface area contributed by atoms with Crippen molar-refractivity contribution in [1.29, 1.82) is 0 Å². The molecule has 0 unspecified atom stereocenters. The van der Waals surface area contributed by atoms with Crippen molar-refractivity contribution in [3.8, 4) is 22.8 Å². The van der Waals surface area contributed by atoms with Crippen LogP contribution in [0, 0.1) is 13.8 Å². The van der Waals surface area contributed by atoms with E-state index in [1.165, 1.54) is 11.3 Å². The molecular weight excluding hydrogens is 402 g/mol. The fourth-order valence-electron chi connectivity index (χ4n) is 3.22.